The maximum Gasteiger partial charge on any atom is 0.0412 e. The van der Waals surface area contributed by atoms with Crippen LogP contribution in [-0.2, 0) is 6.54 Å². The van der Waals surface area contributed by atoms with Gasteiger partial charge in [-0.15, -0.1) is 0 Å². The van der Waals surface area contributed by atoms with E-state index in [0.29, 0.717) is 6.04 Å². The Hall–Kier alpha value is -1.06. The predicted octanol–water partition coefficient (Wildman–Crippen LogP) is 1.94. The van der Waals surface area contributed by atoms with Crippen molar-refractivity contribution in [3.8, 4) is 0 Å². The summed E-state index contributed by atoms with van der Waals surface area (Å²) in [6, 6.07) is 9.40. The van der Waals surface area contributed by atoms with Gasteiger partial charge in [0.2, 0.25) is 0 Å². The number of piperazine rings is 1. The van der Waals surface area contributed by atoms with E-state index in [-0.39, 0.29) is 0 Å². The highest BCUT2D eigenvalue weighted by atomic mass is 15.3. The molecule has 0 unspecified atom stereocenters. The number of hydrogen-bond acceptors (Lipinski definition) is 3. The Morgan fingerprint density at radius 1 is 1.11 bits per heavy atom. The zero-order chi connectivity index (χ0) is 13.0. The van der Waals surface area contributed by atoms with Crippen molar-refractivity contribution in [2.75, 3.05) is 38.1 Å². The molecule has 1 N–H and O–H groups in total. The fraction of sp³-hybridized carbons (Fsp3) is 0.600. The zero-order valence-corrected chi connectivity index (χ0v) is 11.8. The van der Waals surface area contributed by atoms with Gasteiger partial charge in [-0.1, -0.05) is 18.2 Å². The number of anilines is 1. The molecule has 3 nitrogen and oxygen atoms in total. The van der Waals surface area contributed by atoms with E-state index in [1.54, 1.807) is 0 Å². The fourth-order valence-electron chi connectivity index (χ4n) is 2.64. The Morgan fingerprint density at radius 2 is 1.78 bits per heavy atom. The quantitative estimate of drug-likeness (QED) is 0.877. The van der Waals surface area contributed by atoms with Crippen molar-refractivity contribution < 1.29 is 0 Å². The van der Waals surface area contributed by atoms with Gasteiger partial charge in [0.05, 0.1) is 0 Å². The Bertz CT molecular complexity index is 368. The highest BCUT2D eigenvalue weighted by Gasteiger charge is 2.20. The Balaban J connectivity index is 2.05. The molecule has 3 heteroatoms. The SMILES string of the molecule is CNCc1ccccc1N1CCN(C(C)C)CC1. The van der Waals surface area contributed by atoms with Crippen LogP contribution in [0.3, 0.4) is 0 Å². The molecule has 1 saturated heterocycles. The van der Waals surface area contributed by atoms with Crippen LogP contribution in [0.15, 0.2) is 24.3 Å². The van der Waals surface area contributed by atoms with Crippen LogP contribution in [0.4, 0.5) is 5.69 Å². The van der Waals surface area contributed by atoms with Crippen molar-refractivity contribution in [1.29, 1.82) is 0 Å². The maximum atomic E-state index is 3.25. The lowest BCUT2D eigenvalue weighted by Crippen LogP contribution is -2.49. The highest BCUT2D eigenvalue weighted by molar-refractivity contribution is 5.54. The minimum Gasteiger partial charge on any atom is -0.369 e. The molecule has 1 fully saturated rings. The molecule has 100 valence electrons. The monoisotopic (exact) mass is 247 g/mol. The number of hydrogen-bond donors (Lipinski definition) is 1. The summed E-state index contributed by atoms with van der Waals surface area (Å²) < 4.78 is 0. The van der Waals surface area contributed by atoms with Gasteiger partial charge in [0, 0.05) is 44.5 Å². The van der Waals surface area contributed by atoms with Gasteiger partial charge in [-0.25, -0.2) is 0 Å². The van der Waals surface area contributed by atoms with Crippen LogP contribution in [0.2, 0.25) is 0 Å². The molecular weight excluding hydrogens is 222 g/mol. The summed E-state index contributed by atoms with van der Waals surface area (Å²) in [5.41, 5.74) is 2.80. The second-order valence-corrected chi connectivity index (χ2v) is 5.28. The van der Waals surface area contributed by atoms with Crippen LogP contribution in [0.1, 0.15) is 19.4 Å². The van der Waals surface area contributed by atoms with Gasteiger partial charge in [0.15, 0.2) is 0 Å². The predicted molar refractivity (Wildman–Crippen MR) is 78.1 cm³/mol. The van der Waals surface area contributed by atoms with Crippen LogP contribution in [-0.4, -0.2) is 44.2 Å². The second kappa shape index (κ2) is 6.21. The molecular formula is C15H25N3. The van der Waals surface area contributed by atoms with Crippen LogP contribution in [0.25, 0.3) is 0 Å². The maximum absolute atomic E-state index is 3.25. The van der Waals surface area contributed by atoms with Crippen molar-refractivity contribution in [3.05, 3.63) is 29.8 Å². The first-order chi connectivity index (χ1) is 8.72. The number of rotatable bonds is 4. The van der Waals surface area contributed by atoms with Gasteiger partial charge in [0.25, 0.3) is 0 Å². The molecule has 1 aliphatic rings. The lowest BCUT2D eigenvalue weighted by Gasteiger charge is -2.38. The first-order valence-electron chi connectivity index (χ1n) is 6.94. The molecule has 18 heavy (non-hydrogen) atoms. The Labute approximate surface area is 111 Å². The molecule has 1 heterocycles. The van der Waals surface area contributed by atoms with Gasteiger partial charge >= 0.3 is 0 Å². The molecule has 0 aromatic heterocycles. The zero-order valence-electron chi connectivity index (χ0n) is 11.8. The average Bonchev–Trinajstić information content (AvgIpc) is 2.40. The third kappa shape index (κ3) is 3.03. The molecule has 0 saturated carbocycles. The van der Waals surface area contributed by atoms with E-state index in [2.05, 4.69) is 53.2 Å². The van der Waals surface area contributed by atoms with Gasteiger partial charge in [-0.2, -0.15) is 0 Å². The normalized spacial score (nSPS) is 17.4. The smallest absolute Gasteiger partial charge is 0.0412 e. The van der Waals surface area contributed by atoms with Crippen molar-refractivity contribution in [2.24, 2.45) is 0 Å². The van der Waals surface area contributed by atoms with E-state index in [0.717, 1.165) is 19.6 Å². The van der Waals surface area contributed by atoms with E-state index in [9.17, 15) is 0 Å². The molecule has 0 aliphatic carbocycles. The Morgan fingerprint density at radius 3 is 2.39 bits per heavy atom. The third-order valence-electron chi connectivity index (χ3n) is 3.74. The molecule has 2 rings (SSSR count). The summed E-state index contributed by atoms with van der Waals surface area (Å²) >= 11 is 0. The van der Waals surface area contributed by atoms with Crippen LogP contribution in [0.5, 0.6) is 0 Å². The Kier molecular flexibility index (Phi) is 4.61. The van der Waals surface area contributed by atoms with Crippen LogP contribution < -0.4 is 10.2 Å². The molecule has 0 spiro atoms. The van der Waals surface area contributed by atoms with Gasteiger partial charge in [0.1, 0.15) is 0 Å². The third-order valence-corrected chi connectivity index (χ3v) is 3.74. The minimum atomic E-state index is 0.666. The van der Waals surface area contributed by atoms with E-state index in [1.165, 1.54) is 24.3 Å². The summed E-state index contributed by atoms with van der Waals surface area (Å²) in [5.74, 6) is 0. The number of nitrogens with zero attached hydrogens (tertiary/aromatic N) is 2. The molecule has 0 radical (unpaired) electrons. The van der Waals surface area contributed by atoms with E-state index in [4.69, 9.17) is 0 Å². The first kappa shape index (κ1) is 13.4. The summed E-state index contributed by atoms with van der Waals surface area (Å²) in [6.45, 7) is 10.1. The summed E-state index contributed by atoms with van der Waals surface area (Å²) in [5, 5.41) is 3.25. The first-order valence-corrected chi connectivity index (χ1v) is 6.94. The van der Waals surface area contributed by atoms with E-state index in [1.807, 2.05) is 7.05 Å². The summed E-state index contributed by atoms with van der Waals surface area (Å²) in [7, 11) is 2.01. The van der Waals surface area contributed by atoms with E-state index < -0.39 is 0 Å². The van der Waals surface area contributed by atoms with Crippen molar-refractivity contribution in [2.45, 2.75) is 26.4 Å². The number of nitrogens with one attached hydrogen (secondary N) is 1. The summed E-state index contributed by atoms with van der Waals surface area (Å²) in [4.78, 5) is 5.07. The topological polar surface area (TPSA) is 18.5 Å². The molecule has 1 aromatic rings. The van der Waals surface area contributed by atoms with Crippen molar-refractivity contribution >= 4 is 5.69 Å². The highest BCUT2D eigenvalue weighted by Crippen LogP contribution is 2.22. The lowest BCUT2D eigenvalue weighted by molar-refractivity contribution is 0.209. The molecule has 1 aromatic carbocycles. The second-order valence-electron chi connectivity index (χ2n) is 5.28. The van der Waals surface area contributed by atoms with Crippen LogP contribution in [0, 0.1) is 0 Å². The minimum absolute atomic E-state index is 0.666. The lowest BCUT2D eigenvalue weighted by atomic mass is 10.1. The van der Waals surface area contributed by atoms with Gasteiger partial charge in [-0.05, 0) is 32.5 Å². The fourth-order valence-corrected chi connectivity index (χ4v) is 2.64. The average molecular weight is 247 g/mol. The number of benzene rings is 1. The molecule has 0 amide bonds. The van der Waals surface area contributed by atoms with E-state index >= 15 is 0 Å². The molecule has 0 atom stereocenters. The van der Waals surface area contributed by atoms with Gasteiger partial charge in [-0.3, -0.25) is 4.90 Å². The molecule has 0 bridgehead atoms. The standard InChI is InChI=1S/C15H25N3/c1-13(2)17-8-10-18(11-9-17)15-7-5-4-6-14(15)12-16-3/h4-7,13,16H,8-12H2,1-3H3. The van der Waals surface area contributed by atoms with Crippen molar-refractivity contribution in [1.82, 2.24) is 10.2 Å². The van der Waals surface area contributed by atoms with Crippen LogP contribution >= 0.6 is 0 Å². The largest absolute Gasteiger partial charge is 0.369 e. The van der Waals surface area contributed by atoms with Crippen molar-refractivity contribution in [3.63, 3.8) is 0 Å². The molecule has 1 aliphatic heterocycles. The van der Waals surface area contributed by atoms with Gasteiger partial charge < -0.3 is 10.2 Å². The summed E-state index contributed by atoms with van der Waals surface area (Å²) in [6.07, 6.45) is 0. The number of para-hydroxylation sites is 1.